The van der Waals surface area contributed by atoms with E-state index in [2.05, 4.69) is 5.10 Å². The monoisotopic (exact) mass is 299 g/mol. The Morgan fingerprint density at radius 1 is 1.27 bits per heavy atom. The van der Waals surface area contributed by atoms with E-state index in [1.165, 1.54) is 0 Å². The summed E-state index contributed by atoms with van der Waals surface area (Å²) in [5.41, 5.74) is 0.592. The molecule has 114 valence electrons. The van der Waals surface area contributed by atoms with Crippen molar-refractivity contribution in [1.29, 1.82) is 0 Å². The summed E-state index contributed by atoms with van der Waals surface area (Å²) in [6.07, 6.45) is 4.01. The maximum Gasteiger partial charge on any atom is 0.311 e. The summed E-state index contributed by atoms with van der Waals surface area (Å²) in [4.78, 5) is 25.3. The summed E-state index contributed by atoms with van der Waals surface area (Å²) in [5, 5.41) is 13.4. The van der Waals surface area contributed by atoms with Crippen molar-refractivity contribution in [2.45, 2.75) is 13.3 Å². The minimum absolute atomic E-state index is 0.128. The third-order valence-electron chi connectivity index (χ3n) is 4.16. The summed E-state index contributed by atoms with van der Waals surface area (Å²) in [5.74, 6) is -0.978. The molecule has 6 nitrogen and oxygen atoms in total. The van der Waals surface area contributed by atoms with Gasteiger partial charge in [-0.15, -0.1) is 0 Å². The molecule has 1 N–H and O–H groups in total. The highest BCUT2D eigenvalue weighted by Crippen LogP contribution is 2.31. The fraction of sp³-hybridized carbons (Fsp3) is 0.312. The van der Waals surface area contributed by atoms with Crippen LogP contribution in [-0.2, 0) is 4.79 Å². The largest absolute Gasteiger partial charge is 0.481 e. The first-order valence-corrected chi connectivity index (χ1v) is 7.12. The SMILES string of the molecule is CC1(C(=O)O)CCN(C(=O)c2ccc(-n3cccn3)cc2)C1. The summed E-state index contributed by atoms with van der Waals surface area (Å²) < 4.78 is 1.71. The maximum absolute atomic E-state index is 12.5. The van der Waals surface area contributed by atoms with Gasteiger partial charge in [-0.3, -0.25) is 9.59 Å². The Bertz CT molecular complexity index is 694. The van der Waals surface area contributed by atoms with Crippen molar-refractivity contribution in [2.75, 3.05) is 13.1 Å². The molecule has 1 aliphatic rings. The molecule has 1 unspecified atom stereocenters. The number of aromatic nitrogens is 2. The molecular weight excluding hydrogens is 282 g/mol. The van der Waals surface area contributed by atoms with Crippen LogP contribution in [0.1, 0.15) is 23.7 Å². The second-order valence-electron chi connectivity index (χ2n) is 5.84. The highest BCUT2D eigenvalue weighted by atomic mass is 16.4. The van der Waals surface area contributed by atoms with E-state index in [4.69, 9.17) is 0 Å². The molecule has 1 amide bonds. The van der Waals surface area contributed by atoms with Gasteiger partial charge in [0.15, 0.2) is 0 Å². The van der Waals surface area contributed by atoms with Crippen LogP contribution in [0.25, 0.3) is 5.69 Å². The van der Waals surface area contributed by atoms with Crippen LogP contribution in [0.4, 0.5) is 0 Å². The first kappa shape index (κ1) is 14.3. The van der Waals surface area contributed by atoms with Crippen molar-refractivity contribution in [3.8, 4) is 5.69 Å². The lowest BCUT2D eigenvalue weighted by molar-refractivity contribution is -0.147. The summed E-state index contributed by atoms with van der Waals surface area (Å²) in [7, 11) is 0. The molecule has 6 heteroatoms. The second-order valence-corrected chi connectivity index (χ2v) is 5.84. The van der Waals surface area contributed by atoms with Crippen LogP contribution in [0.3, 0.4) is 0 Å². The molecule has 0 bridgehead atoms. The van der Waals surface area contributed by atoms with Crippen LogP contribution in [0.2, 0.25) is 0 Å². The van der Waals surface area contributed by atoms with E-state index in [1.807, 2.05) is 24.4 Å². The number of carbonyl (C=O) groups excluding carboxylic acids is 1. The van der Waals surface area contributed by atoms with Gasteiger partial charge in [-0.1, -0.05) is 0 Å². The van der Waals surface area contributed by atoms with Gasteiger partial charge in [0.2, 0.25) is 0 Å². The second kappa shape index (κ2) is 5.29. The van der Waals surface area contributed by atoms with E-state index in [0.29, 0.717) is 18.5 Å². The normalized spacial score (nSPS) is 21.0. The zero-order chi connectivity index (χ0) is 15.7. The molecule has 1 aromatic heterocycles. The van der Waals surface area contributed by atoms with Crippen LogP contribution in [0.5, 0.6) is 0 Å². The van der Waals surface area contributed by atoms with E-state index in [-0.39, 0.29) is 12.5 Å². The van der Waals surface area contributed by atoms with E-state index >= 15 is 0 Å². The van der Waals surface area contributed by atoms with E-state index in [0.717, 1.165) is 5.69 Å². The third-order valence-corrected chi connectivity index (χ3v) is 4.16. The van der Waals surface area contributed by atoms with Crippen molar-refractivity contribution < 1.29 is 14.7 Å². The molecule has 1 aromatic carbocycles. The molecular formula is C16H17N3O3. The van der Waals surface area contributed by atoms with Gasteiger partial charge in [0.25, 0.3) is 5.91 Å². The third kappa shape index (κ3) is 2.47. The summed E-state index contributed by atoms with van der Waals surface area (Å²) in [6.45, 7) is 2.41. The van der Waals surface area contributed by atoms with Gasteiger partial charge in [0.05, 0.1) is 11.1 Å². The molecule has 0 aliphatic carbocycles. The molecule has 3 rings (SSSR count). The topological polar surface area (TPSA) is 75.4 Å². The van der Waals surface area contributed by atoms with Gasteiger partial charge >= 0.3 is 5.97 Å². The quantitative estimate of drug-likeness (QED) is 0.938. The average molecular weight is 299 g/mol. The average Bonchev–Trinajstić information content (AvgIpc) is 3.17. The number of hydrogen-bond acceptors (Lipinski definition) is 3. The molecule has 2 aromatic rings. The molecule has 0 saturated carbocycles. The van der Waals surface area contributed by atoms with E-state index in [1.54, 1.807) is 34.8 Å². The van der Waals surface area contributed by atoms with Crippen LogP contribution < -0.4 is 0 Å². The molecule has 1 fully saturated rings. The maximum atomic E-state index is 12.5. The molecule has 22 heavy (non-hydrogen) atoms. The lowest BCUT2D eigenvalue weighted by Crippen LogP contribution is -2.34. The van der Waals surface area contributed by atoms with Gasteiger partial charge in [-0.2, -0.15) is 5.10 Å². The number of aliphatic carboxylic acids is 1. The highest BCUT2D eigenvalue weighted by molar-refractivity contribution is 5.95. The summed E-state index contributed by atoms with van der Waals surface area (Å²) >= 11 is 0. The van der Waals surface area contributed by atoms with Crippen LogP contribution in [0.15, 0.2) is 42.7 Å². The molecule has 1 atom stereocenters. The van der Waals surface area contributed by atoms with Crippen molar-refractivity contribution >= 4 is 11.9 Å². The number of carboxylic acid groups (broad SMARTS) is 1. The number of rotatable bonds is 3. The highest BCUT2D eigenvalue weighted by Gasteiger charge is 2.42. The zero-order valence-electron chi connectivity index (χ0n) is 12.3. The Balaban J connectivity index is 1.75. The van der Waals surface area contributed by atoms with E-state index in [9.17, 15) is 14.7 Å². The Kier molecular flexibility index (Phi) is 3.44. The molecule has 0 radical (unpaired) electrons. The minimum atomic E-state index is -0.850. The van der Waals surface area contributed by atoms with Gasteiger partial charge in [-0.25, -0.2) is 4.68 Å². The molecule has 0 spiro atoms. The van der Waals surface area contributed by atoms with Gasteiger partial charge in [-0.05, 0) is 43.7 Å². The van der Waals surface area contributed by atoms with E-state index < -0.39 is 11.4 Å². The Hall–Kier alpha value is -2.63. The van der Waals surface area contributed by atoms with Crippen LogP contribution in [0, 0.1) is 5.41 Å². The van der Waals surface area contributed by atoms with Gasteiger partial charge in [0.1, 0.15) is 0 Å². The predicted octanol–water partition coefficient (Wildman–Crippen LogP) is 1.81. The van der Waals surface area contributed by atoms with Crippen LogP contribution >= 0.6 is 0 Å². The predicted molar refractivity (Wildman–Crippen MR) is 79.8 cm³/mol. The van der Waals surface area contributed by atoms with Gasteiger partial charge in [0, 0.05) is 31.0 Å². The Morgan fingerprint density at radius 3 is 2.55 bits per heavy atom. The molecule has 2 heterocycles. The number of benzene rings is 1. The lowest BCUT2D eigenvalue weighted by Gasteiger charge is -2.20. The fourth-order valence-electron chi connectivity index (χ4n) is 2.67. The van der Waals surface area contributed by atoms with Gasteiger partial charge < -0.3 is 10.0 Å². The number of likely N-dealkylation sites (tertiary alicyclic amines) is 1. The number of carboxylic acids is 1. The van der Waals surface area contributed by atoms with Crippen LogP contribution in [-0.4, -0.2) is 44.8 Å². The molecule has 1 aliphatic heterocycles. The van der Waals surface area contributed by atoms with Crippen molar-refractivity contribution in [1.82, 2.24) is 14.7 Å². The standard InChI is InChI=1S/C16H17N3O3/c1-16(15(21)22)7-10-18(11-16)14(20)12-3-5-13(6-4-12)19-9-2-8-17-19/h2-6,8-9H,7,10-11H2,1H3,(H,21,22). The van der Waals surface area contributed by atoms with Crippen molar-refractivity contribution in [3.05, 3.63) is 48.3 Å². The van der Waals surface area contributed by atoms with Crippen molar-refractivity contribution in [3.63, 3.8) is 0 Å². The first-order valence-electron chi connectivity index (χ1n) is 7.12. The number of carbonyl (C=O) groups is 2. The first-order chi connectivity index (χ1) is 10.5. The summed E-state index contributed by atoms with van der Waals surface area (Å²) in [6, 6.07) is 8.97. The molecule has 1 saturated heterocycles. The fourth-order valence-corrected chi connectivity index (χ4v) is 2.67. The lowest BCUT2D eigenvalue weighted by atomic mass is 9.90. The Morgan fingerprint density at radius 2 is 2.00 bits per heavy atom. The number of hydrogen-bond donors (Lipinski definition) is 1. The smallest absolute Gasteiger partial charge is 0.311 e. The minimum Gasteiger partial charge on any atom is -0.481 e. The number of nitrogens with zero attached hydrogens (tertiary/aromatic N) is 3. The zero-order valence-corrected chi connectivity index (χ0v) is 12.3. The van der Waals surface area contributed by atoms with Crippen molar-refractivity contribution in [2.24, 2.45) is 5.41 Å². The number of amides is 1. The Labute approximate surface area is 128 Å².